The van der Waals surface area contributed by atoms with Crippen LogP contribution in [0.5, 0.6) is 0 Å². The number of hydrogen-bond acceptors (Lipinski definition) is 5. The molecule has 2 aromatic heterocycles. The summed E-state index contributed by atoms with van der Waals surface area (Å²) in [6.07, 6.45) is 1.60. The fourth-order valence-electron chi connectivity index (χ4n) is 2.87. The number of carbonyl (C=O) groups excluding carboxylic acids is 1. The fraction of sp³-hybridized carbons (Fsp3) is 0.381. The second kappa shape index (κ2) is 9.26. The van der Waals surface area contributed by atoms with Gasteiger partial charge in [-0.25, -0.2) is 4.39 Å². The number of aromatic nitrogens is 3. The van der Waals surface area contributed by atoms with Crippen LogP contribution in [0.4, 0.5) is 4.39 Å². The van der Waals surface area contributed by atoms with Gasteiger partial charge in [-0.3, -0.25) is 9.36 Å². The Morgan fingerprint density at radius 3 is 2.52 bits per heavy atom. The van der Waals surface area contributed by atoms with Gasteiger partial charge in [0.25, 0.3) is 0 Å². The molecule has 0 radical (unpaired) electrons. The van der Waals surface area contributed by atoms with Gasteiger partial charge in [0.1, 0.15) is 5.82 Å². The molecule has 1 amide bonds. The van der Waals surface area contributed by atoms with Gasteiger partial charge in [0, 0.05) is 6.54 Å². The number of halogens is 1. The van der Waals surface area contributed by atoms with Gasteiger partial charge in [0.2, 0.25) is 5.91 Å². The highest BCUT2D eigenvalue weighted by Crippen LogP contribution is 2.28. The third kappa shape index (κ3) is 5.26. The number of nitrogens with zero attached hydrogens (tertiary/aromatic N) is 3. The van der Waals surface area contributed by atoms with E-state index < -0.39 is 0 Å². The number of carbonyl (C=O) groups is 1. The summed E-state index contributed by atoms with van der Waals surface area (Å²) in [5, 5.41) is 11.8. The molecule has 0 unspecified atom stereocenters. The lowest BCUT2D eigenvalue weighted by Gasteiger charge is -2.18. The second-order valence-corrected chi connectivity index (χ2v) is 8.64. The summed E-state index contributed by atoms with van der Waals surface area (Å²) in [5.74, 6) is 1.26. The minimum absolute atomic E-state index is 0.120. The monoisotopic (exact) mass is 416 g/mol. The van der Waals surface area contributed by atoms with Crippen molar-refractivity contribution in [2.75, 3.05) is 0 Å². The molecule has 8 heteroatoms. The Labute approximate surface area is 173 Å². The zero-order valence-corrected chi connectivity index (χ0v) is 17.7. The van der Waals surface area contributed by atoms with Crippen LogP contribution >= 0.6 is 11.8 Å². The van der Waals surface area contributed by atoms with E-state index in [0.717, 1.165) is 5.56 Å². The maximum Gasteiger partial charge on any atom is 0.233 e. The van der Waals surface area contributed by atoms with Gasteiger partial charge in [-0.1, -0.05) is 37.7 Å². The standard InChI is InChI=1S/C21H25FN4O2S/c1-13(2)12-26-19(18-6-5-11-28-18)24-25-21(26)29-15(4)20(27)23-14(3)16-7-9-17(22)10-8-16/h5-11,13-15H,12H2,1-4H3,(H,23,27)/t14-,15-/m0/s1. The Kier molecular flexibility index (Phi) is 6.74. The van der Waals surface area contributed by atoms with Gasteiger partial charge in [0.05, 0.1) is 17.6 Å². The van der Waals surface area contributed by atoms with E-state index in [1.807, 2.05) is 30.5 Å². The molecule has 3 aromatic rings. The summed E-state index contributed by atoms with van der Waals surface area (Å²) in [6, 6.07) is 9.55. The molecule has 154 valence electrons. The van der Waals surface area contributed by atoms with Crippen LogP contribution in [0.3, 0.4) is 0 Å². The van der Waals surface area contributed by atoms with Crippen molar-refractivity contribution in [2.24, 2.45) is 5.92 Å². The van der Waals surface area contributed by atoms with E-state index in [2.05, 4.69) is 29.4 Å². The smallest absolute Gasteiger partial charge is 0.233 e. The van der Waals surface area contributed by atoms with Crippen LogP contribution in [-0.2, 0) is 11.3 Å². The highest BCUT2D eigenvalue weighted by Gasteiger charge is 2.23. The molecule has 29 heavy (non-hydrogen) atoms. The molecule has 3 rings (SSSR count). The first-order valence-electron chi connectivity index (χ1n) is 9.54. The third-order valence-corrected chi connectivity index (χ3v) is 5.47. The topological polar surface area (TPSA) is 73.0 Å². The molecule has 1 aromatic carbocycles. The van der Waals surface area contributed by atoms with Crippen molar-refractivity contribution >= 4 is 17.7 Å². The summed E-state index contributed by atoms with van der Waals surface area (Å²) in [7, 11) is 0. The zero-order valence-electron chi connectivity index (χ0n) is 16.9. The molecular formula is C21H25FN4O2S. The van der Waals surface area contributed by atoms with Crippen molar-refractivity contribution in [1.29, 1.82) is 0 Å². The first-order valence-corrected chi connectivity index (χ1v) is 10.4. The van der Waals surface area contributed by atoms with Crippen LogP contribution < -0.4 is 5.32 Å². The van der Waals surface area contributed by atoms with E-state index >= 15 is 0 Å². The van der Waals surface area contributed by atoms with E-state index in [1.54, 1.807) is 18.4 Å². The maximum absolute atomic E-state index is 13.1. The van der Waals surface area contributed by atoms with Crippen molar-refractivity contribution < 1.29 is 13.6 Å². The Hall–Kier alpha value is -2.61. The molecule has 1 N–H and O–H groups in total. The summed E-state index contributed by atoms with van der Waals surface area (Å²) in [5.41, 5.74) is 0.847. The molecule has 0 saturated heterocycles. The molecule has 0 spiro atoms. The summed E-state index contributed by atoms with van der Waals surface area (Å²) in [4.78, 5) is 12.7. The number of amides is 1. The highest BCUT2D eigenvalue weighted by atomic mass is 32.2. The van der Waals surface area contributed by atoms with Crippen molar-refractivity contribution in [1.82, 2.24) is 20.1 Å². The fourth-order valence-corrected chi connectivity index (χ4v) is 3.74. The second-order valence-electron chi connectivity index (χ2n) is 7.33. The average Bonchev–Trinajstić information content (AvgIpc) is 3.32. The lowest BCUT2D eigenvalue weighted by molar-refractivity contribution is -0.120. The SMILES string of the molecule is CC(C)Cn1c(S[C@@H](C)C(=O)N[C@@H](C)c2ccc(F)cc2)nnc1-c1ccco1. The molecule has 2 atom stereocenters. The Morgan fingerprint density at radius 2 is 1.90 bits per heavy atom. The van der Waals surface area contributed by atoms with Gasteiger partial charge >= 0.3 is 0 Å². The molecule has 0 aliphatic heterocycles. The van der Waals surface area contributed by atoms with Crippen molar-refractivity contribution in [3.8, 4) is 11.6 Å². The van der Waals surface area contributed by atoms with Crippen LogP contribution in [0, 0.1) is 11.7 Å². The number of furan rings is 1. The predicted molar refractivity (Wildman–Crippen MR) is 111 cm³/mol. The quantitative estimate of drug-likeness (QED) is 0.539. The van der Waals surface area contributed by atoms with Gasteiger partial charge in [0.15, 0.2) is 16.7 Å². The number of nitrogens with one attached hydrogen (secondary N) is 1. The average molecular weight is 417 g/mol. The highest BCUT2D eigenvalue weighted by molar-refractivity contribution is 8.00. The van der Waals surface area contributed by atoms with Crippen molar-refractivity contribution in [3.05, 3.63) is 54.0 Å². The lowest BCUT2D eigenvalue weighted by atomic mass is 10.1. The van der Waals surface area contributed by atoms with Crippen LogP contribution in [0.2, 0.25) is 0 Å². The molecule has 0 saturated carbocycles. The zero-order chi connectivity index (χ0) is 21.0. The van der Waals surface area contributed by atoms with Gasteiger partial charge in [-0.15, -0.1) is 10.2 Å². The predicted octanol–water partition coefficient (Wildman–Crippen LogP) is 4.69. The van der Waals surface area contributed by atoms with Crippen LogP contribution in [0.15, 0.2) is 52.2 Å². The van der Waals surface area contributed by atoms with Crippen molar-refractivity contribution in [3.63, 3.8) is 0 Å². The van der Waals surface area contributed by atoms with Crippen LogP contribution in [-0.4, -0.2) is 25.9 Å². The normalized spacial score (nSPS) is 13.4. The van der Waals surface area contributed by atoms with E-state index in [0.29, 0.717) is 29.2 Å². The van der Waals surface area contributed by atoms with E-state index in [1.165, 1.54) is 23.9 Å². The van der Waals surface area contributed by atoms with Crippen LogP contribution in [0.1, 0.15) is 39.3 Å². The van der Waals surface area contributed by atoms with Gasteiger partial charge in [-0.05, 0) is 49.6 Å². The molecule has 0 aliphatic rings. The number of thioether (sulfide) groups is 1. The first kappa shape index (κ1) is 21.1. The number of benzene rings is 1. The minimum atomic E-state index is -0.377. The first-order chi connectivity index (χ1) is 13.8. The molecule has 0 bridgehead atoms. The summed E-state index contributed by atoms with van der Waals surface area (Å²) >= 11 is 1.35. The molecule has 6 nitrogen and oxygen atoms in total. The van der Waals surface area contributed by atoms with E-state index in [4.69, 9.17) is 4.42 Å². The largest absolute Gasteiger partial charge is 0.461 e. The molecular weight excluding hydrogens is 391 g/mol. The van der Waals surface area contributed by atoms with Crippen LogP contribution in [0.25, 0.3) is 11.6 Å². The van der Waals surface area contributed by atoms with E-state index in [-0.39, 0.29) is 23.0 Å². The minimum Gasteiger partial charge on any atom is -0.461 e. The summed E-state index contributed by atoms with van der Waals surface area (Å²) < 4.78 is 20.6. The number of hydrogen-bond donors (Lipinski definition) is 1. The molecule has 2 heterocycles. The Morgan fingerprint density at radius 1 is 1.17 bits per heavy atom. The molecule has 0 fully saturated rings. The van der Waals surface area contributed by atoms with E-state index in [9.17, 15) is 9.18 Å². The van der Waals surface area contributed by atoms with Gasteiger partial charge in [-0.2, -0.15) is 0 Å². The van der Waals surface area contributed by atoms with Crippen molar-refractivity contribution in [2.45, 2.75) is 50.7 Å². The summed E-state index contributed by atoms with van der Waals surface area (Å²) in [6.45, 7) is 8.64. The Bertz CT molecular complexity index is 938. The third-order valence-electron chi connectivity index (χ3n) is 4.39. The van der Waals surface area contributed by atoms with Gasteiger partial charge < -0.3 is 9.73 Å². The number of rotatable bonds is 8. The maximum atomic E-state index is 13.1. The Balaban J connectivity index is 1.71. The lowest BCUT2D eigenvalue weighted by Crippen LogP contribution is -2.33. The molecule has 0 aliphatic carbocycles.